The summed E-state index contributed by atoms with van der Waals surface area (Å²) in [4.78, 5) is 31.4. The summed E-state index contributed by atoms with van der Waals surface area (Å²) in [5.74, 6) is -0.472. The molecule has 37 heavy (non-hydrogen) atoms. The van der Waals surface area contributed by atoms with Crippen molar-refractivity contribution >= 4 is 17.0 Å². The third-order valence-electron chi connectivity index (χ3n) is 6.39. The van der Waals surface area contributed by atoms with Crippen LogP contribution >= 0.6 is 0 Å². The van der Waals surface area contributed by atoms with Crippen LogP contribution in [0.5, 0.6) is 11.5 Å². The van der Waals surface area contributed by atoms with Crippen LogP contribution in [-0.2, 0) is 24.3 Å². The van der Waals surface area contributed by atoms with Crippen molar-refractivity contribution in [2.75, 3.05) is 6.61 Å². The number of carbonyl (C=O) groups is 1. The third kappa shape index (κ3) is 4.79. The van der Waals surface area contributed by atoms with E-state index in [0.717, 1.165) is 16.7 Å². The van der Waals surface area contributed by atoms with Crippen molar-refractivity contribution < 1.29 is 23.4 Å². The number of pyridine rings is 2. The van der Waals surface area contributed by atoms with Crippen molar-refractivity contribution in [3.8, 4) is 11.5 Å². The number of aromatic nitrogens is 2. The van der Waals surface area contributed by atoms with E-state index < -0.39 is 11.5 Å². The monoisotopic (exact) mass is 502 g/mol. The van der Waals surface area contributed by atoms with Gasteiger partial charge in [0.15, 0.2) is 17.1 Å². The molecule has 4 aromatic rings. The highest BCUT2D eigenvalue weighted by atomic mass is 19.1. The fourth-order valence-electron chi connectivity index (χ4n) is 4.52. The number of nitrogens with zero attached hydrogens (tertiary/aromatic N) is 2. The van der Waals surface area contributed by atoms with Gasteiger partial charge in [0, 0.05) is 18.2 Å². The standard InChI is InChI=1S/C29H27FN2O5/c1-3-22-16-32-25-24(31-15-20(26(25)37-22)14-18-10-12-21(30)13-11-18)27(23(28(32)33)29(34)35-4-2)36-17-19-8-6-5-7-9-19/h5-13,15,22H,3-4,14,16-17H2,1-2H3. The minimum absolute atomic E-state index is 0.0756. The molecule has 8 heteroatoms. The van der Waals surface area contributed by atoms with Gasteiger partial charge in [-0.15, -0.1) is 0 Å². The van der Waals surface area contributed by atoms with E-state index in [0.29, 0.717) is 29.6 Å². The highest BCUT2D eigenvalue weighted by Crippen LogP contribution is 2.39. The van der Waals surface area contributed by atoms with Crippen LogP contribution in [0.1, 0.15) is 47.3 Å². The highest BCUT2D eigenvalue weighted by Gasteiger charge is 2.32. The zero-order chi connectivity index (χ0) is 25.9. The zero-order valence-electron chi connectivity index (χ0n) is 20.7. The van der Waals surface area contributed by atoms with Crippen molar-refractivity contribution in [1.82, 2.24) is 9.55 Å². The number of hydrogen-bond donors (Lipinski definition) is 0. The fraction of sp³-hybridized carbons (Fsp3) is 0.276. The Labute approximate surface area is 213 Å². The first-order valence-electron chi connectivity index (χ1n) is 12.3. The molecule has 1 atom stereocenters. The van der Waals surface area contributed by atoms with E-state index in [-0.39, 0.29) is 43.0 Å². The lowest BCUT2D eigenvalue weighted by atomic mass is 10.0. The number of rotatable bonds is 8. The zero-order valence-corrected chi connectivity index (χ0v) is 20.7. The van der Waals surface area contributed by atoms with Crippen molar-refractivity contribution in [2.45, 2.75) is 45.9 Å². The van der Waals surface area contributed by atoms with Crippen molar-refractivity contribution in [2.24, 2.45) is 0 Å². The van der Waals surface area contributed by atoms with Gasteiger partial charge in [-0.25, -0.2) is 9.18 Å². The molecule has 0 bridgehead atoms. The summed E-state index contributed by atoms with van der Waals surface area (Å²) in [6.45, 7) is 4.18. The van der Waals surface area contributed by atoms with Gasteiger partial charge in [0.25, 0.3) is 5.56 Å². The molecule has 0 aliphatic carbocycles. The van der Waals surface area contributed by atoms with Crippen LogP contribution in [0.25, 0.3) is 11.0 Å². The number of benzene rings is 2. The molecule has 0 N–H and O–H groups in total. The molecule has 5 rings (SSSR count). The summed E-state index contributed by atoms with van der Waals surface area (Å²) < 4.78 is 32.7. The summed E-state index contributed by atoms with van der Waals surface area (Å²) >= 11 is 0. The Morgan fingerprint density at radius 1 is 1.11 bits per heavy atom. The molecule has 1 unspecified atom stereocenters. The molecule has 190 valence electrons. The SMILES string of the molecule is CCOC(=O)c1c(OCc2ccccc2)c2ncc(Cc3ccc(F)cc3)c3c2n(c1=O)CC(CC)O3. The van der Waals surface area contributed by atoms with Gasteiger partial charge < -0.3 is 14.2 Å². The van der Waals surface area contributed by atoms with Gasteiger partial charge in [-0.05, 0) is 36.6 Å². The molecule has 3 heterocycles. The molecule has 1 aliphatic rings. The molecule has 0 spiro atoms. The van der Waals surface area contributed by atoms with E-state index in [1.54, 1.807) is 29.8 Å². The van der Waals surface area contributed by atoms with E-state index in [4.69, 9.17) is 14.2 Å². The van der Waals surface area contributed by atoms with Crippen LogP contribution < -0.4 is 15.0 Å². The van der Waals surface area contributed by atoms with Gasteiger partial charge >= 0.3 is 5.97 Å². The topological polar surface area (TPSA) is 79.7 Å². The van der Waals surface area contributed by atoms with Crippen LogP contribution in [0.4, 0.5) is 4.39 Å². The van der Waals surface area contributed by atoms with E-state index in [1.165, 1.54) is 12.1 Å². The number of esters is 1. The average molecular weight is 503 g/mol. The number of ether oxygens (including phenoxy) is 3. The summed E-state index contributed by atoms with van der Waals surface area (Å²) in [5.41, 5.74) is 2.65. The smallest absolute Gasteiger partial charge is 0.347 e. The molecular formula is C29H27FN2O5. The molecule has 2 aromatic heterocycles. The van der Waals surface area contributed by atoms with Crippen LogP contribution in [0, 0.1) is 5.82 Å². The maximum Gasteiger partial charge on any atom is 0.347 e. The van der Waals surface area contributed by atoms with Gasteiger partial charge in [-0.3, -0.25) is 14.3 Å². The maximum atomic E-state index is 13.8. The maximum absolute atomic E-state index is 13.8. The van der Waals surface area contributed by atoms with E-state index in [9.17, 15) is 14.0 Å². The Morgan fingerprint density at radius 2 is 1.86 bits per heavy atom. The highest BCUT2D eigenvalue weighted by molar-refractivity contribution is 6.00. The Kier molecular flexibility index (Phi) is 6.90. The summed E-state index contributed by atoms with van der Waals surface area (Å²) in [7, 11) is 0. The van der Waals surface area contributed by atoms with E-state index in [2.05, 4.69) is 4.98 Å². The fourth-order valence-corrected chi connectivity index (χ4v) is 4.52. The first-order valence-corrected chi connectivity index (χ1v) is 12.3. The number of hydrogen-bond acceptors (Lipinski definition) is 6. The van der Waals surface area contributed by atoms with Gasteiger partial charge in [0.1, 0.15) is 29.6 Å². The molecule has 0 saturated carbocycles. The van der Waals surface area contributed by atoms with E-state index >= 15 is 0 Å². The van der Waals surface area contributed by atoms with Crippen molar-refractivity contribution in [1.29, 1.82) is 0 Å². The summed E-state index contributed by atoms with van der Waals surface area (Å²) in [6.07, 6.45) is 2.49. The first kappa shape index (κ1) is 24.5. The van der Waals surface area contributed by atoms with Gasteiger partial charge in [-0.2, -0.15) is 0 Å². The molecule has 7 nitrogen and oxygen atoms in total. The third-order valence-corrected chi connectivity index (χ3v) is 6.39. The Morgan fingerprint density at radius 3 is 2.57 bits per heavy atom. The van der Waals surface area contributed by atoms with Crippen LogP contribution in [-0.4, -0.2) is 28.2 Å². The first-order chi connectivity index (χ1) is 18.0. The molecule has 1 aliphatic heterocycles. The quantitative estimate of drug-likeness (QED) is 0.314. The van der Waals surface area contributed by atoms with Crippen molar-refractivity contribution in [3.63, 3.8) is 0 Å². The second-order valence-electron chi connectivity index (χ2n) is 8.88. The normalized spacial score (nSPS) is 14.3. The molecule has 0 saturated heterocycles. The average Bonchev–Trinajstić information content (AvgIpc) is 2.92. The minimum Gasteiger partial charge on any atom is -0.486 e. The molecule has 0 fully saturated rings. The van der Waals surface area contributed by atoms with Gasteiger partial charge in [0.05, 0.1) is 13.2 Å². The van der Waals surface area contributed by atoms with Gasteiger partial charge in [0.2, 0.25) is 0 Å². The molecule has 0 radical (unpaired) electrons. The molecule has 0 amide bonds. The molecule has 2 aromatic carbocycles. The van der Waals surface area contributed by atoms with Crippen LogP contribution in [0.3, 0.4) is 0 Å². The lowest BCUT2D eigenvalue weighted by Gasteiger charge is -2.29. The molecular weight excluding hydrogens is 475 g/mol. The second kappa shape index (κ2) is 10.4. The largest absolute Gasteiger partial charge is 0.486 e. The number of halogens is 1. The Hall–Kier alpha value is -4.20. The van der Waals surface area contributed by atoms with Gasteiger partial charge in [-0.1, -0.05) is 49.4 Å². The second-order valence-corrected chi connectivity index (χ2v) is 8.88. The van der Waals surface area contributed by atoms with Crippen LogP contribution in [0.15, 0.2) is 65.6 Å². The Balaban J connectivity index is 1.70. The van der Waals surface area contributed by atoms with E-state index in [1.807, 2.05) is 37.3 Å². The summed E-state index contributed by atoms with van der Waals surface area (Å²) in [6, 6.07) is 15.7. The predicted octanol–water partition coefficient (Wildman–Crippen LogP) is 5.05. The minimum atomic E-state index is -0.750. The van der Waals surface area contributed by atoms with Crippen molar-refractivity contribution in [3.05, 3.63) is 99.2 Å². The number of carbonyl (C=O) groups excluding carboxylic acids is 1. The summed E-state index contributed by atoms with van der Waals surface area (Å²) in [5, 5.41) is 0. The Bertz CT molecular complexity index is 1500. The lowest BCUT2D eigenvalue weighted by molar-refractivity contribution is 0.0517. The van der Waals surface area contributed by atoms with Crippen LogP contribution in [0.2, 0.25) is 0 Å². The predicted molar refractivity (Wildman–Crippen MR) is 137 cm³/mol. The lowest BCUT2D eigenvalue weighted by Crippen LogP contribution is -2.37.